The van der Waals surface area contributed by atoms with Gasteiger partial charge in [0.2, 0.25) is 5.91 Å². The largest absolute Gasteiger partial charge is 0.481 e. The smallest absolute Gasteiger partial charge is 0.310 e. The van der Waals surface area contributed by atoms with Crippen molar-refractivity contribution in [2.75, 3.05) is 5.32 Å². The second-order valence-electron chi connectivity index (χ2n) is 5.50. The van der Waals surface area contributed by atoms with Crippen LogP contribution in [0.2, 0.25) is 10.0 Å². The highest BCUT2D eigenvalue weighted by Crippen LogP contribution is 2.40. The number of halogens is 2. The molecule has 21 heavy (non-hydrogen) atoms. The summed E-state index contributed by atoms with van der Waals surface area (Å²) in [6, 6.07) is 4.76. The SMILES string of the molecule is O=C(CC1(C(=O)O)CCCCC1)Nc1ccc(Cl)cc1Cl. The quantitative estimate of drug-likeness (QED) is 0.862. The lowest BCUT2D eigenvalue weighted by Crippen LogP contribution is -2.37. The van der Waals surface area contributed by atoms with Gasteiger partial charge in [0.15, 0.2) is 0 Å². The molecule has 2 rings (SSSR count). The van der Waals surface area contributed by atoms with Gasteiger partial charge in [-0.05, 0) is 31.0 Å². The first-order valence-corrected chi connectivity index (χ1v) is 7.67. The normalized spacial score (nSPS) is 17.2. The monoisotopic (exact) mass is 329 g/mol. The van der Waals surface area contributed by atoms with Gasteiger partial charge in [0.05, 0.1) is 16.1 Å². The van der Waals surface area contributed by atoms with Gasteiger partial charge in [0.25, 0.3) is 0 Å². The highest BCUT2D eigenvalue weighted by atomic mass is 35.5. The van der Waals surface area contributed by atoms with E-state index in [0.717, 1.165) is 19.3 Å². The van der Waals surface area contributed by atoms with Crippen LogP contribution in [-0.2, 0) is 9.59 Å². The molecule has 0 saturated heterocycles. The Bertz CT molecular complexity index is 554. The number of carboxylic acid groups (broad SMARTS) is 1. The van der Waals surface area contributed by atoms with E-state index in [0.29, 0.717) is 28.6 Å². The van der Waals surface area contributed by atoms with E-state index < -0.39 is 11.4 Å². The van der Waals surface area contributed by atoms with Crippen molar-refractivity contribution in [1.82, 2.24) is 0 Å². The lowest BCUT2D eigenvalue weighted by Gasteiger charge is -2.32. The maximum absolute atomic E-state index is 12.2. The maximum atomic E-state index is 12.2. The fourth-order valence-corrected chi connectivity index (χ4v) is 3.24. The number of carbonyl (C=O) groups is 2. The molecule has 4 nitrogen and oxygen atoms in total. The highest BCUT2D eigenvalue weighted by Gasteiger charge is 2.41. The molecule has 1 saturated carbocycles. The molecular weight excluding hydrogens is 313 g/mol. The molecule has 0 heterocycles. The number of benzene rings is 1. The van der Waals surface area contributed by atoms with E-state index in [2.05, 4.69) is 5.32 Å². The number of carbonyl (C=O) groups excluding carboxylic acids is 1. The molecule has 1 aliphatic rings. The van der Waals surface area contributed by atoms with Crippen LogP contribution in [0, 0.1) is 5.41 Å². The van der Waals surface area contributed by atoms with Gasteiger partial charge in [-0.15, -0.1) is 0 Å². The summed E-state index contributed by atoms with van der Waals surface area (Å²) in [7, 11) is 0. The van der Waals surface area contributed by atoms with Gasteiger partial charge in [-0.3, -0.25) is 9.59 Å². The molecule has 0 aliphatic heterocycles. The maximum Gasteiger partial charge on any atom is 0.310 e. The number of hydrogen-bond donors (Lipinski definition) is 2. The summed E-state index contributed by atoms with van der Waals surface area (Å²) in [5.41, 5.74) is -0.497. The summed E-state index contributed by atoms with van der Waals surface area (Å²) in [4.78, 5) is 23.7. The van der Waals surface area contributed by atoms with Crippen LogP contribution >= 0.6 is 23.2 Å². The molecule has 0 atom stereocenters. The zero-order valence-corrected chi connectivity index (χ0v) is 13.0. The lowest BCUT2D eigenvalue weighted by atomic mass is 9.71. The molecule has 0 aromatic heterocycles. The zero-order chi connectivity index (χ0) is 15.5. The number of nitrogens with one attached hydrogen (secondary N) is 1. The number of anilines is 1. The first kappa shape index (κ1) is 16.1. The highest BCUT2D eigenvalue weighted by molar-refractivity contribution is 6.36. The Hall–Kier alpha value is -1.26. The number of aliphatic carboxylic acids is 1. The van der Waals surface area contributed by atoms with Crippen LogP contribution in [0.25, 0.3) is 0 Å². The number of amides is 1. The third-order valence-electron chi connectivity index (χ3n) is 3.97. The molecule has 0 bridgehead atoms. The number of carboxylic acids is 1. The third kappa shape index (κ3) is 3.89. The first-order chi connectivity index (χ1) is 9.93. The van der Waals surface area contributed by atoms with Crippen molar-refractivity contribution in [1.29, 1.82) is 0 Å². The molecule has 1 aliphatic carbocycles. The van der Waals surface area contributed by atoms with Crippen LogP contribution in [-0.4, -0.2) is 17.0 Å². The summed E-state index contributed by atoms with van der Waals surface area (Å²) in [5, 5.41) is 13.0. The molecule has 0 unspecified atom stereocenters. The molecule has 1 aromatic rings. The molecule has 1 amide bonds. The Morgan fingerprint density at radius 3 is 2.43 bits per heavy atom. The minimum Gasteiger partial charge on any atom is -0.481 e. The molecule has 1 aromatic carbocycles. The van der Waals surface area contributed by atoms with Crippen molar-refractivity contribution in [2.45, 2.75) is 38.5 Å². The molecule has 1 fully saturated rings. The Morgan fingerprint density at radius 2 is 1.86 bits per heavy atom. The predicted molar refractivity (Wildman–Crippen MR) is 82.9 cm³/mol. The van der Waals surface area contributed by atoms with Gasteiger partial charge in [-0.25, -0.2) is 0 Å². The zero-order valence-electron chi connectivity index (χ0n) is 11.5. The Morgan fingerprint density at radius 1 is 1.19 bits per heavy atom. The van der Waals surface area contributed by atoms with Gasteiger partial charge < -0.3 is 10.4 Å². The Kier molecular flexibility index (Phi) is 5.12. The summed E-state index contributed by atoms with van der Waals surface area (Å²) in [5.74, 6) is -1.22. The van der Waals surface area contributed by atoms with E-state index in [1.807, 2.05) is 0 Å². The van der Waals surface area contributed by atoms with E-state index in [9.17, 15) is 14.7 Å². The average Bonchev–Trinajstić information content (AvgIpc) is 2.43. The molecular formula is C15H17Cl2NO3. The van der Waals surface area contributed by atoms with Crippen LogP contribution in [0.1, 0.15) is 38.5 Å². The average molecular weight is 330 g/mol. The molecule has 114 valence electrons. The van der Waals surface area contributed by atoms with Gasteiger partial charge >= 0.3 is 5.97 Å². The fraction of sp³-hybridized carbons (Fsp3) is 0.467. The van der Waals surface area contributed by atoms with Crippen LogP contribution < -0.4 is 5.32 Å². The van der Waals surface area contributed by atoms with Gasteiger partial charge in [-0.2, -0.15) is 0 Å². The minimum atomic E-state index is -0.943. The van der Waals surface area contributed by atoms with Crippen molar-refractivity contribution in [3.05, 3.63) is 28.2 Å². The van der Waals surface area contributed by atoms with E-state index >= 15 is 0 Å². The Labute approximate surface area is 133 Å². The van der Waals surface area contributed by atoms with Crippen LogP contribution in [0.3, 0.4) is 0 Å². The Balaban J connectivity index is 2.07. The van der Waals surface area contributed by atoms with E-state index in [1.165, 1.54) is 6.07 Å². The van der Waals surface area contributed by atoms with Crippen LogP contribution in [0.15, 0.2) is 18.2 Å². The predicted octanol–water partition coefficient (Wildman–Crippen LogP) is 4.36. The van der Waals surface area contributed by atoms with E-state index in [1.54, 1.807) is 12.1 Å². The molecule has 2 N–H and O–H groups in total. The van der Waals surface area contributed by atoms with Crippen molar-refractivity contribution < 1.29 is 14.7 Å². The molecule has 0 radical (unpaired) electrons. The third-order valence-corrected chi connectivity index (χ3v) is 4.52. The summed E-state index contributed by atoms with van der Waals surface area (Å²) < 4.78 is 0. The van der Waals surface area contributed by atoms with Crippen molar-refractivity contribution in [3.63, 3.8) is 0 Å². The van der Waals surface area contributed by atoms with E-state index in [-0.39, 0.29) is 12.3 Å². The number of hydrogen-bond acceptors (Lipinski definition) is 2. The first-order valence-electron chi connectivity index (χ1n) is 6.91. The second-order valence-corrected chi connectivity index (χ2v) is 6.34. The standard InChI is InChI=1S/C15H17Cl2NO3/c16-10-4-5-12(11(17)8-10)18-13(19)9-15(14(20)21)6-2-1-3-7-15/h4-5,8H,1-3,6-7,9H2,(H,18,19)(H,20,21). The van der Waals surface area contributed by atoms with Crippen molar-refractivity contribution >= 4 is 40.8 Å². The summed E-state index contributed by atoms with van der Waals surface area (Å²) >= 11 is 11.8. The summed E-state index contributed by atoms with van der Waals surface area (Å²) in [6.07, 6.45) is 3.79. The number of rotatable bonds is 4. The summed E-state index contributed by atoms with van der Waals surface area (Å²) in [6.45, 7) is 0. The van der Waals surface area contributed by atoms with Crippen molar-refractivity contribution in [3.8, 4) is 0 Å². The topological polar surface area (TPSA) is 66.4 Å². The van der Waals surface area contributed by atoms with E-state index in [4.69, 9.17) is 23.2 Å². The fourth-order valence-electron chi connectivity index (χ4n) is 2.79. The van der Waals surface area contributed by atoms with Crippen molar-refractivity contribution in [2.24, 2.45) is 5.41 Å². The molecule has 0 spiro atoms. The lowest BCUT2D eigenvalue weighted by molar-refractivity contribution is -0.153. The van der Waals surface area contributed by atoms with Gasteiger partial charge in [0, 0.05) is 11.4 Å². The van der Waals surface area contributed by atoms with Gasteiger partial charge in [0.1, 0.15) is 0 Å². The minimum absolute atomic E-state index is 0.0265. The second kappa shape index (κ2) is 6.67. The van der Waals surface area contributed by atoms with Crippen LogP contribution in [0.4, 0.5) is 5.69 Å². The molecule has 6 heteroatoms. The van der Waals surface area contributed by atoms with Gasteiger partial charge in [-0.1, -0.05) is 42.5 Å². The van der Waals surface area contributed by atoms with Crippen LogP contribution in [0.5, 0.6) is 0 Å².